The maximum absolute atomic E-state index is 2.50. The van der Waals surface area contributed by atoms with Gasteiger partial charge in [0.2, 0.25) is 0 Å². The van der Waals surface area contributed by atoms with Gasteiger partial charge < -0.3 is 0 Å². The van der Waals surface area contributed by atoms with E-state index in [0.29, 0.717) is 0 Å². The van der Waals surface area contributed by atoms with Gasteiger partial charge in [0, 0.05) is 0 Å². The highest BCUT2D eigenvalue weighted by Gasteiger charge is 2.14. The van der Waals surface area contributed by atoms with E-state index in [9.17, 15) is 0 Å². The number of unbranched alkanes of at least 4 members (excludes halogenated alkanes) is 16. The smallest absolute Gasteiger partial charge is 0.0351 e. The average molecular weight is 421 g/mol. The SMILES string of the molecule is CCCCCCCC=CCCCC(CCCCCCCCCCCCC)C(C)CC. The minimum absolute atomic E-state index is 0.913. The van der Waals surface area contributed by atoms with Crippen LogP contribution in [0, 0.1) is 11.8 Å². The minimum atomic E-state index is 0.913. The zero-order valence-corrected chi connectivity index (χ0v) is 21.9. The Morgan fingerprint density at radius 2 is 0.867 bits per heavy atom. The number of hydrogen-bond donors (Lipinski definition) is 0. The molecular formula is C30H60. The van der Waals surface area contributed by atoms with Crippen LogP contribution in [-0.2, 0) is 0 Å². The first-order valence-electron chi connectivity index (χ1n) is 14.4. The Morgan fingerprint density at radius 1 is 0.467 bits per heavy atom. The van der Waals surface area contributed by atoms with Gasteiger partial charge in [-0.1, -0.05) is 149 Å². The molecule has 0 amide bonds. The minimum Gasteiger partial charge on any atom is -0.0885 e. The summed E-state index contributed by atoms with van der Waals surface area (Å²) in [7, 11) is 0. The first-order valence-corrected chi connectivity index (χ1v) is 14.4. The fourth-order valence-corrected chi connectivity index (χ4v) is 4.72. The first kappa shape index (κ1) is 29.7. The molecule has 30 heavy (non-hydrogen) atoms. The summed E-state index contributed by atoms with van der Waals surface area (Å²) in [4.78, 5) is 0. The molecule has 0 bridgehead atoms. The lowest BCUT2D eigenvalue weighted by Gasteiger charge is -2.23. The Labute approximate surface area is 193 Å². The Balaban J connectivity index is 3.65. The van der Waals surface area contributed by atoms with Crippen molar-refractivity contribution in [1.29, 1.82) is 0 Å². The van der Waals surface area contributed by atoms with Gasteiger partial charge in [0.1, 0.15) is 0 Å². The number of rotatable bonds is 24. The molecule has 0 aliphatic carbocycles. The van der Waals surface area contributed by atoms with Crippen molar-refractivity contribution in [2.24, 2.45) is 11.8 Å². The van der Waals surface area contributed by atoms with Crippen molar-refractivity contribution >= 4 is 0 Å². The van der Waals surface area contributed by atoms with Crippen LogP contribution in [-0.4, -0.2) is 0 Å². The van der Waals surface area contributed by atoms with Gasteiger partial charge in [-0.3, -0.25) is 0 Å². The van der Waals surface area contributed by atoms with Crippen molar-refractivity contribution in [3.8, 4) is 0 Å². The summed E-state index contributed by atoms with van der Waals surface area (Å²) in [6.45, 7) is 9.48. The quantitative estimate of drug-likeness (QED) is 0.107. The standard InChI is InChI=1S/C30H60/c1-5-8-10-12-14-16-18-20-22-24-26-28-30(29(4)7-3)27-25-23-21-19-17-15-13-11-9-6-2/h19,21,29-30H,5-18,20,22-28H2,1-4H3. The van der Waals surface area contributed by atoms with Gasteiger partial charge in [0.25, 0.3) is 0 Å². The second-order valence-corrected chi connectivity index (χ2v) is 10.1. The molecule has 0 saturated heterocycles. The van der Waals surface area contributed by atoms with Crippen LogP contribution in [0.1, 0.15) is 169 Å². The van der Waals surface area contributed by atoms with E-state index in [0.717, 1.165) is 11.8 Å². The highest BCUT2D eigenvalue weighted by atomic mass is 14.2. The molecule has 0 rings (SSSR count). The van der Waals surface area contributed by atoms with E-state index >= 15 is 0 Å². The fourth-order valence-electron chi connectivity index (χ4n) is 4.72. The van der Waals surface area contributed by atoms with E-state index < -0.39 is 0 Å². The molecule has 0 aromatic heterocycles. The largest absolute Gasteiger partial charge is 0.0885 e. The van der Waals surface area contributed by atoms with Crippen molar-refractivity contribution in [3.63, 3.8) is 0 Å². The van der Waals surface area contributed by atoms with E-state index in [1.807, 2.05) is 0 Å². The van der Waals surface area contributed by atoms with Crippen molar-refractivity contribution in [2.75, 3.05) is 0 Å². The second-order valence-electron chi connectivity index (χ2n) is 10.1. The Morgan fingerprint density at radius 3 is 1.37 bits per heavy atom. The molecule has 0 aliphatic heterocycles. The molecule has 0 aromatic carbocycles. The number of hydrogen-bond acceptors (Lipinski definition) is 0. The molecule has 2 atom stereocenters. The number of allylic oxidation sites excluding steroid dienone is 2. The van der Waals surface area contributed by atoms with Crippen LogP contribution in [0.4, 0.5) is 0 Å². The summed E-state index contributed by atoms with van der Waals surface area (Å²) in [6.07, 6.45) is 36.3. The predicted octanol–water partition coefficient (Wildman–Crippen LogP) is 11.4. The molecule has 0 aliphatic rings. The van der Waals surface area contributed by atoms with Crippen LogP contribution in [0.2, 0.25) is 0 Å². The Bertz CT molecular complexity index is 329. The van der Waals surface area contributed by atoms with Gasteiger partial charge in [0.05, 0.1) is 0 Å². The van der Waals surface area contributed by atoms with Crippen LogP contribution in [0.5, 0.6) is 0 Å². The van der Waals surface area contributed by atoms with Gasteiger partial charge in [-0.2, -0.15) is 0 Å². The second kappa shape index (κ2) is 25.0. The summed E-state index contributed by atoms with van der Waals surface area (Å²) in [6, 6.07) is 0. The molecule has 0 heterocycles. The molecule has 0 fully saturated rings. The van der Waals surface area contributed by atoms with E-state index in [2.05, 4.69) is 39.8 Å². The molecule has 0 nitrogen and oxygen atoms in total. The third-order valence-corrected chi connectivity index (χ3v) is 7.21. The lowest BCUT2D eigenvalue weighted by Crippen LogP contribution is -2.11. The topological polar surface area (TPSA) is 0 Å². The third kappa shape index (κ3) is 21.0. The van der Waals surface area contributed by atoms with Crippen molar-refractivity contribution in [2.45, 2.75) is 169 Å². The lowest BCUT2D eigenvalue weighted by atomic mass is 9.83. The van der Waals surface area contributed by atoms with Crippen LogP contribution in [0.15, 0.2) is 12.2 Å². The van der Waals surface area contributed by atoms with Crippen LogP contribution in [0.3, 0.4) is 0 Å². The highest BCUT2D eigenvalue weighted by Crippen LogP contribution is 2.27. The zero-order chi connectivity index (χ0) is 22.1. The molecule has 180 valence electrons. The van der Waals surface area contributed by atoms with Gasteiger partial charge in [-0.25, -0.2) is 0 Å². The summed E-state index contributed by atoms with van der Waals surface area (Å²) in [5, 5.41) is 0. The summed E-state index contributed by atoms with van der Waals surface area (Å²) in [5.41, 5.74) is 0. The molecule has 0 spiro atoms. The highest BCUT2D eigenvalue weighted by molar-refractivity contribution is 4.82. The Kier molecular flexibility index (Phi) is 24.8. The maximum atomic E-state index is 2.50. The molecule has 2 unspecified atom stereocenters. The maximum Gasteiger partial charge on any atom is -0.0351 e. The van der Waals surface area contributed by atoms with E-state index in [-0.39, 0.29) is 0 Å². The van der Waals surface area contributed by atoms with Crippen molar-refractivity contribution in [3.05, 3.63) is 12.2 Å². The van der Waals surface area contributed by atoms with Gasteiger partial charge in [-0.05, 0) is 43.9 Å². The van der Waals surface area contributed by atoms with Crippen molar-refractivity contribution < 1.29 is 0 Å². The van der Waals surface area contributed by atoms with Crippen LogP contribution < -0.4 is 0 Å². The molecular weight excluding hydrogens is 360 g/mol. The fraction of sp³-hybridized carbons (Fsp3) is 0.933. The molecule has 0 radical (unpaired) electrons. The molecule has 0 aromatic rings. The molecule has 0 N–H and O–H groups in total. The van der Waals surface area contributed by atoms with Gasteiger partial charge in [0.15, 0.2) is 0 Å². The predicted molar refractivity (Wildman–Crippen MR) is 140 cm³/mol. The first-order chi connectivity index (χ1) is 14.8. The average Bonchev–Trinajstić information content (AvgIpc) is 2.76. The van der Waals surface area contributed by atoms with Gasteiger partial charge >= 0.3 is 0 Å². The van der Waals surface area contributed by atoms with Gasteiger partial charge in [-0.15, -0.1) is 0 Å². The summed E-state index contributed by atoms with van der Waals surface area (Å²) >= 11 is 0. The van der Waals surface area contributed by atoms with Crippen molar-refractivity contribution in [1.82, 2.24) is 0 Å². The monoisotopic (exact) mass is 420 g/mol. The van der Waals surface area contributed by atoms with Crippen LogP contribution >= 0.6 is 0 Å². The normalized spacial score (nSPS) is 13.9. The lowest BCUT2D eigenvalue weighted by molar-refractivity contribution is 0.292. The van der Waals surface area contributed by atoms with Crippen LogP contribution in [0.25, 0.3) is 0 Å². The molecule has 0 heteroatoms. The summed E-state index contributed by atoms with van der Waals surface area (Å²) in [5.74, 6) is 1.88. The zero-order valence-electron chi connectivity index (χ0n) is 21.9. The summed E-state index contributed by atoms with van der Waals surface area (Å²) < 4.78 is 0. The Hall–Kier alpha value is -0.260. The molecule has 0 saturated carbocycles. The third-order valence-electron chi connectivity index (χ3n) is 7.21. The van der Waals surface area contributed by atoms with E-state index in [1.54, 1.807) is 0 Å². The van der Waals surface area contributed by atoms with E-state index in [1.165, 1.54) is 141 Å². The van der Waals surface area contributed by atoms with E-state index in [4.69, 9.17) is 0 Å².